The molecular formula is C21H15N3O3. The van der Waals surface area contributed by atoms with E-state index in [2.05, 4.69) is 10.6 Å². The van der Waals surface area contributed by atoms with Gasteiger partial charge >= 0.3 is 0 Å². The Morgan fingerprint density at radius 2 is 1.59 bits per heavy atom. The molecule has 0 atom stereocenters. The van der Waals surface area contributed by atoms with Gasteiger partial charge in [0.1, 0.15) is 0 Å². The van der Waals surface area contributed by atoms with Crippen molar-refractivity contribution in [1.82, 2.24) is 0 Å². The Morgan fingerprint density at radius 3 is 2.26 bits per heavy atom. The topological polar surface area (TPSA) is 84.3 Å². The van der Waals surface area contributed by atoms with Crippen LogP contribution in [0.4, 0.5) is 17.1 Å². The molecule has 6 heteroatoms. The molecule has 0 spiro atoms. The molecule has 0 bridgehead atoms. The molecule has 132 valence electrons. The van der Waals surface area contributed by atoms with E-state index >= 15 is 0 Å². The van der Waals surface area contributed by atoms with Crippen LogP contribution in [0.3, 0.4) is 0 Å². The van der Waals surface area contributed by atoms with E-state index in [4.69, 9.17) is 0 Å². The minimum Gasteiger partial charge on any atom is -0.354 e. The predicted octanol–water partition coefficient (Wildman–Crippen LogP) is 4.53. The molecule has 0 radical (unpaired) electrons. The summed E-state index contributed by atoms with van der Waals surface area (Å²) in [6.07, 6.45) is 0. The summed E-state index contributed by atoms with van der Waals surface area (Å²) in [5, 5.41) is 17.3. The van der Waals surface area contributed by atoms with Gasteiger partial charge in [-0.15, -0.1) is 0 Å². The van der Waals surface area contributed by atoms with Crippen molar-refractivity contribution >= 4 is 34.2 Å². The number of amides is 1. The molecule has 0 aromatic heterocycles. The molecule has 3 aromatic carbocycles. The van der Waals surface area contributed by atoms with E-state index in [0.717, 1.165) is 11.3 Å². The first-order chi connectivity index (χ1) is 13.1. The van der Waals surface area contributed by atoms with Crippen molar-refractivity contribution in [2.45, 2.75) is 0 Å². The molecule has 2 N–H and O–H groups in total. The van der Waals surface area contributed by atoms with E-state index in [0.29, 0.717) is 22.5 Å². The lowest BCUT2D eigenvalue weighted by atomic mass is 9.99. The van der Waals surface area contributed by atoms with Crippen molar-refractivity contribution < 1.29 is 9.72 Å². The van der Waals surface area contributed by atoms with Crippen molar-refractivity contribution in [2.24, 2.45) is 0 Å². The Hall–Kier alpha value is -3.93. The number of nitrogens with one attached hydrogen (secondary N) is 2. The Labute approximate surface area is 155 Å². The highest BCUT2D eigenvalue weighted by atomic mass is 16.6. The SMILES string of the molecule is O=C1Nc2ccc([N+](=O)[O-])cc2C1=C(Nc1ccccc1)c1ccccc1. The van der Waals surface area contributed by atoms with Gasteiger partial charge in [-0.1, -0.05) is 48.5 Å². The zero-order chi connectivity index (χ0) is 18.8. The van der Waals surface area contributed by atoms with E-state index in [9.17, 15) is 14.9 Å². The van der Waals surface area contributed by atoms with Crippen LogP contribution >= 0.6 is 0 Å². The molecule has 0 aliphatic carbocycles. The van der Waals surface area contributed by atoms with Gasteiger partial charge in [0.15, 0.2) is 0 Å². The molecule has 0 saturated carbocycles. The Morgan fingerprint density at radius 1 is 0.926 bits per heavy atom. The number of non-ortho nitro benzene ring substituents is 1. The first-order valence-electron chi connectivity index (χ1n) is 8.35. The predicted molar refractivity (Wildman–Crippen MR) is 105 cm³/mol. The van der Waals surface area contributed by atoms with Crippen LogP contribution in [0.25, 0.3) is 11.3 Å². The summed E-state index contributed by atoms with van der Waals surface area (Å²) in [5.41, 5.74) is 3.61. The van der Waals surface area contributed by atoms with Crippen LogP contribution in [0.15, 0.2) is 78.9 Å². The molecule has 0 unspecified atom stereocenters. The second-order valence-electron chi connectivity index (χ2n) is 6.05. The van der Waals surface area contributed by atoms with E-state index in [1.165, 1.54) is 12.1 Å². The molecule has 6 nitrogen and oxygen atoms in total. The number of nitro groups is 1. The van der Waals surface area contributed by atoms with Crippen LogP contribution < -0.4 is 10.6 Å². The number of para-hydroxylation sites is 1. The highest BCUT2D eigenvalue weighted by Crippen LogP contribution is 2.39. The van der Waals surface area contributed by atoms with E-state index in [-0.39, 0.29) is 11.6 Å². The van der Waals surface area contributed by atoms with Gasteiger partial charge < -0.3 is 10.6 Å². The zero-order valence-corrected chi connectivity index (χ0v) is 14.2. The Balaban J connectivity index is 1.93. The van der Waals surface area contributed by atoms with Crippen molar-refractivity contribution in [3.05, 3.63) is 100 Å². The van der Waals surface area contributed by atoms with Crippen molar-refractivity contribution in [1.29, 1.82) is 0 Å². The fourth-order valence-corrected chi connectivity index (χ4v) is 3.07. The van der Waals surface area contributed by atoms with Crippen LogP contribution in [0.5, 0.6) is 0 Å². The summed E-state index contributed by atoms with van der Waals surface area (Å²) < 4.78 is 0. The summed E-state index contributed by atoms with van der Waals surface area (Å²) in [7, 11) is 0. The number of benzene rings is 3. The van der Waals surface area contributed by atoms with Gasteiger partial charge in [-0.3, -0.25) is 14.9 Å². The third-order valence-electron chi connectivity index (χ3n) is 4.31. The van der Waals surface area contributed by atoms with E-state index in [1.54, 1.807) is 6.07 Å². The highest BCUT2D eigenvalue weighted by molar-refractivity contribution is 6.37. The molecular weight excluding hydrogens is 342 g/mol. The molecule has 1 heterocycles. The average molecular weight is 357 g/mol. The molecule has 4 rings (SSSR count). The van der Waals surface area contributed by atoms with E-state index in [1.807, 2.05) is 60.7 Å². The zero-order valence-electron chi connectivity index (χ0n) is 14.2. The second-order valence-corrected chi connectivity index (χ2v) is 6.05. The summed E-state index contributed by atoms with van der Waals surface area (Å²) >= 11 is 0. The number of carbonyl (C=O) groups is 1. The first kappa shape index (κ1) is 16.5. The smallest absolute Gasteiger partial charge is 0.270 e. The van der Waals surface area contributed by atoms with Crippen molar-refractivity contribution in [3.8, 4) is 0 Å². The van der Waals surface area contributed by atoms with Crippen LogP contribution in [0.1, 0.15) is 11.1 Å². The summed E-state index contributed by atoms with van der Waals surface area (Å²) in [5.74, 6) is -0.298. The summed E-state index contributed by atoms with van der Waals surface area (Å²) in [6.45, 7) is 0. The molecule has 3 aromatic rings. The lowest BCUT2D eigenvalue weighted by molar-refractivity contribution is -0.384. The van der Waals surface area contributed by atoms with Crippen LogP contribution in [-0.4, -0.2) is 10.8 Å². The molecule has 1 aliphatic heterocycles. The highest BCUT2D eigenvalue weighted by Gasteiger charge is 2.30. The molecule has 1 amide bonds. The van der Waals surface area contributed by atoms with Gasteiger partial charge in [0.2, 0.25) is 0 Å². The third kappa shape index (κ3) is 3.16. The Bertz CT molecular complexity index is 1060. The maximum absolute atomic E-state index is 12.7. The largest absolute Gasteiger partial charge is 0.354 e. The van der Waals surface area contributed by atoms with Crippen molar-refractivity contribution in [3.63, 3.8) is 0 Å². The van der Waals surface area contributed by atoms with Gasteiger partial charge in [0, 0.05) is 29.1 Å². The minimum atomic E-state index is -0.465. The number of nitro benzene ring substituents is 1. The number of anilines is 2. The third-order valence-corrected chi connectivity index (χ3v) is 4.31. The lowest BCUT2D eigenvalue weighted by Gasteiger charge is -2.14. The van der Waals surface area contributed by atoms with Gasteiger partial charge in [-0.05, 0) is 23.8 Å². The second kappa shape index (κ2) is 6.76. The number of fused-ring (bicyclic) bond motifs is 1. The fourth-order valence-electron chi connectivity index (χ4n) is 3.07. The van der Waals surface area contributed by atoms with Gasteiger partial charge in [0.25, 0.3) is 11.6 Å². The normalized spacial score (nSPS) is 14.3. The number of rotatable bonds is 4. The monoisotopic (exact) mass is 357 g/mol. The average Bonchev–Trinajstić information content (AvgIpc) is 3.02. The number of nitrogens with zero attached hydrogens (tertiary/aromatic N) is 1. The molecule has 0 fully saturated rings. The maximum Gasteiger partial charge on any atom is 0.270 e. The van der Waals surface area contributed by atoms with Crippen LogP contribution in [0.2, 0.25) is 0 Å². The van der Waals surface area contributed by atoms with Crippen LogP contribution in [-0.2, 0) is 4.79 Å². The Kier molecular flexibility index (Phi) is 4.14. The van der Waals surface area contributed by atoms with Crippen molar-refractivity contribution in [2.75, 3.05) is 10.6 Å². The van der Waals surface area contributed by atoms with Crippen LogP contribution in [0, 0.1) is 10.1 Å². The molecule has 27 heavy (non-hydrogen) atoms. The quantitative estimate of drug-likeness (QED) is 0.408. The number of hydrogen-bond acceptors (Lipinski definition) is 4. The summed E-state index contributed by atoms with van der Waals surface area (Å²) in [4.78, 5) is 23.5. The summed E-state index contributed by atoms with van der Waals surface area (Å²) in [6, 6.07) is 23.3. The van der Waals surface area contributed by atoms with Gasteiger partial charge in [-0.2, -0.15) is 0 Å². The first-order valence-corrected chi connectivity index (χ1v) is 8.35. The minimum absolute atomic E-state index is 0.0603. The molecule has 1 aliphatic rings. The number of hydrogen-bond donors (Lipinski definition) is 2. The fraction of sp³-hybridized carbons (Fsp3) is 0. The maximum atomic E-state index is 12.7. The molecule has 0 saturated heterocycles. The lowest BCUT2D eigenvalue weighted by Crippen LogP contribution is -2.10. The van der Waals surface area contributed by atoms with E-state index < -0.39 is 4.92 Å². The van der Waals surface area contributed by atoms with Gasteiger partial charge in [-0.25, -0.2) is 0 Å². The standard InChI is InChI=1S/C21H15N3O3/c25-21-19(17-13-16(24(26)27)11-12-18(17)23-21)20(14-7-3-1-4-8-14)22-15-9-5-2-6-10-15/h1-13,22H,(H,23,25). The van der Waals surface area contributed by atoms with Gasteiger partial charge in [0.05, 0.1) is 16.2 Å². The number of carbonyl (C=O) groups excluding carboxylic acids is 1.